The Kier molecular flexibility index (Phi) is 3.23. The van der Waals surface area contributed by atoms with Crippen molar-refractivity contribution in [1.29, 1.82) is 0 Å². The highest BCUT2D eigenvalue weighted by Gasteiger charge is 2.17. The molecular formula is C11H13ClN2O. The fourth-order valence-electron chi connectivity index (χ4n) is 1.71. The summed E-state index contributed by atoms with van der Waals surface area (Å²) in [6.45, 7) is 1.50. The molecule has 1 aromatic rings. The average molecular weight is 225 g/mol. The first kappa shape index (κ1) is 10.5. The van der Waals surface area contributed by atoms with E-state index in [1.54, 1.807) is 0 Å². The van der Waals surface area contributed by atoms with Crippen molar-refractivity contribution in [2.75, 3.05) is 13.1 Å². The molecule has 1 heterocycles. The standard InChI is InChI=1S/C11H13ClN2O/c12-9-3-1-8(2-4-9)10-7-11(15)14-6-5-13-10/h1-4,10,13H,5-7H2,(H,14,15). The molecule has 0 saturated carbocycles. The first-order valence-electron chi connectivity index (χ1n) is 5.01. The monoisotopic (exact) mass is 224 g/mol. The fraction of sp³-hybridized carbons (Fsp3) is 0.364. The highest BCUT2D eigenvalue weighted by atomic mass is 35.5. The van der Waals surface area contributed by atoms with Crippen LogP contribution in [0.15, 0.2) is 24.3 Å². The van der Waals surface area contributed by atoms with E-state index in [9.17, 15) is 4.79 Å². The van der Waals surface area contributed by atoms with Crippen LogP contribution in [-0.4, -0.2) is 19.0 Å². The number of benzene rings is 1. The summed E-state index contributed by atoms with van der Waals surface area (Å²) in [5, 5.41) is 6.87. The van der Waals surface area contributed by atoms with Crippen molar-refractivity contribution in [2.45, 2.75) is 12.5 Å². The van der Waals surface area contributed by atoms with Gasteiger partial charge in [-0.2, -0.15) is 0 Å². The van der Waals surface area contributed by atoms with E-state index in [2.05, 4.69) is 10.6 Å². The molecule has 0 aromatic heterocycles. The van der Waals surface area contributed by atoms with Crippen LogP contribution in [0.1, 0.15) is 18.0 Å². The molecule has 2 rings (SSSR count). The van der Waals surface area contributed by atoms with Crippen LogP contribution in [0.2, 0.25) is 5.02 Å². The summed E-state index contributed by atoms with van der Waals surface area (Å²) in [6, 6.07) is 7.71. The van der Waals surface area contributed by atoms with E-state index in [-0.39, 0.29) is 11.9 Å². The minimum absolute atomic E-state index is 0.0972. The summed E-state index contributed by atoms with van der Waals surface area (Å²) in [6.07, 6.45) is 0.488. The molecule has 0 bridgehead atoms. The van der Waals surface area contributed by atoms with Crippen LogP contribution in [0.4, 0.5) is 0 Å². The molecule has 1 aromatic carbocycles. The Morgan fingerprint density at radius 1 is 1.20 bits per heavy atom. The van der Waals surface area contributed by atoms with Gasteiger partial charge in [-0.1, -0.05) is 23.7 Å². The molecular weight excluding hydrogens is 212 g/mol. The number of rotatable bonds is 1. The largest absolute Gasteiger partial charge is 0.355 e. The van der Waals surface area contributed by atoms with Gasteiger partial charge in [0, 0.05) is 30.6 Å². The molecule has 80 valence electrons. The molecule has 15 heavy (non-hydrogen) atoms. The van der Waals surface area contributed by atoms with Gasteiger partial charge >= 0.3 is 0 Å². The Hall–Kier alpha value is -1.06. The van der Waals surface area contributed by atoms with Crippen molar-refractivity contribution in [1.82, 2.24) is 10.6 Å². The molecule has 3 nitrogen and oxygen atoms in total. The van der Waals surface area contributed by atoms with Crippen LogP contribution in [0.5, 0.6) is 0 Å². The van der Waals surface area contributed by atoms with Gasteiger partial charge in [-0.3, -0.25) is 4.79 Å². The van der Waals surface area contributed by atoms with Gasteiger partial charge in [0.2, 0.25) is 5.91 Å². The van der Waals surface area contributed by atoms with Gasteiger partial charge in [-0.05, 0) is 17.7 Å². The van der Waals surface area contributed by atoms with Crippen molar-refractivity contribution in [2.24, 2.45) is 0 Å². The van der Waals surface area contributed by atoms with Gasteiger partial charge in [0.1, 0.15) is 0 Å². The van der Waals surface area contributed by atoms with E-state index in [4.69, 9.17) is 11.6 Å². The summed E-state index contributed by atoms with van der Waals surface area (Å²) in [4.78, 5) is 11.4. The van der Waals surface area contributed by atoms with Crippen LogP contribution in [-0.2, 0) is 4.79 Å². The Bertz CT molecular complexity index is 350. The molecule has 0 radical (unpaired) electrons. The zero-order valence-electron chi connectivity index (χ0n) is 8.29. The van der Waals surface area contributed by atoms with E-state index >= 15 is 0 Å². The Morgan fingerprint density at radius 2 is 1.93 bits per heavy atom. The fourth-order valence-corrected chi connectivity index (χ4v) is 1.83. The molecule has 1 unspecified atom stereocenters. The van der Waals surface area contributed by atoms with Crippen LogP contribution in [0.25, 0.3) is 0 Å². The first-order valence-corrected chi connectivity index (χ1v) is 5.39. The zero-order valence-corrected chi connectivity index (χ0v) is 9.05. The second kappa shape index (κ2) is 4.64. The summed E-state index contributed by atoms with van der Waals surface area (Å²) < 4.78 is 0. The van der Waals surface area contributed by atoms with Gasteiger partial charge in [-0.25, -0.2) is 0 Å². The van der Waals surface area contributed by atoms with Crippen LogP contribution in [0, 0.1) is 0 Å². The van der Waals surface area contributed by atoms with E-state index in [0.717, 1.165) is 17.1 Å². The van der Waals surface area contributed by atoms with Gasteiger partial charge in [0.05, 0.1) is 0 Å². The van der Waals surface area contributed by atoms with Crippen molar-refractivity contribution in [3.8, 4) is 0 Å². The molecule has 2 N–H and O–H groups in total. The maximum atomic E-state index is 11.4. The number of nitrogens with one attached hydrogen (secondary N) is 2. The lowest BCUT2D eigenvalue weighted by atomic mass is 10.0. The zero-order chi connectivity index (χ0) is 10.7. The number of halogens is 1. The normalized spacial score (nSPS) is 21.9. The topological polar surface area (TPSA) is 41.1 Å². The van der Waals surface area contributed by atoms with Crippen LogP contribution < -0.4 is 10.6 Å². The average Bonchev–Trinajstić information content (AvgIpc) is 2.44. The molecule has 1 atom stereocenters. The second-order valence-electron chi connectivity index (χ2n) is 3.61. The van der Waals surface area contributed by atoms with Gasteiger partial charge in [0.25, 0.3) is 0 Å². The molecule has 0 aliphatic carbocycles. The molecule has 4 heteroatoms. The van der Waals surface area contributed by atoms with E-state index < -0.39 is 0 Å². The minimum atomic E-state index is 0.0972. The number of hydrogen-bond acceptors (Lipinski definition) is 2. The van der Waals surface area contributed by atoms with Gasteiger partial charge < -0.3 is 10.6 Å². The maximum Gasteiger partial charge on any atom is 0.221 e. The Labute approximate surface area is 93.8 Å². The molecule has 0 spiro atoms. The third-order valence-corrected chi connectivity index (χ3v) is 2.75. The summed E-state index contributed by atoms with van der Waals surface area (Å²) >= 11 is 5.81. The van der Waals surface area contributed by atoms with Crippen molar-refractivity contribution in [3.05, 3.63) is 34.9 Å². The van der Waals surface area contributed by atoms with Gasteiger partial charge in [0.15, 0.2) is 0 Å². The second-order valence-corrected chi connectivity index (χ2v) is 4.05. The number of hydrogen-bond donors (Lipinski definition) is 2. The predicted molar refractivity (Wildman–Crippen MR) is 59.8 cm³/mol. The quantitative estimate of drug-likeness (QED) is 0.759. The van der Waals surface area contributed by atoms with Crippen molar-refractivity contribution in [3.63, 3.8) is 0 Å². The summed E-state index contributed by atoms with van der Waals surface area (Å²) in [7, 11) is 0. The Morgan fingerprint density at radius 3 is 2.67 bits per heavy atom. The molecule has 1 aliphatic rings. The molecule has 1 amide bonds. The van der Waals surface area contributed by atoms with E-state index in [0.29, 0.717) is 13.0 Å². The van der Waals surface area contributed by atoms with Crippen molar-refractivity contribution < 1.29 is 4.79 Å². The number of carbonyl (C=O) groups excluding carboxylic acids is 1. The smallest absolute Gasteiger partial charge is 0.221 e. The third-order valence-electron chi connectivity index (χ3n) is 2.50. The summed E-state index contributed by atoms with van der Waals surface area (Å²) in [5.74, 6) is 0.0972. The van der Waals surface area contributed by atoms with E-state index in [1.807, 2.05) is 24.3 Å². The molecule has 1 fully saturated rings. The summed E-state index contributed by atoms with van der Waals surface area (Å²) in [5.41, 5.74) is 1.11. The first-order chi connectivity index (χ1) is 7.25. The molecule has 1 aliphatic heterocycles. The number of carbonyl (C=O) groups is 1. The predicted octanol–water partition coefficient (Wildman–Crippen LogP) is 1.49. The van der Waals surface area contributed by atoms with Crippen LogP contribution in [0.3, 0.4) is 0 Å². The maximum absolute atomic E-state index is 11.4. The highest BCUT2D eigenvalue weighted by molar-refractivity contribution is 6.30. The third kappa shape index (κ3) is 2.70. The lowest BCUT2D eigenvalue weighted by Crippen LogP contribution is -2.24. The lowest BCUT2D eigenvalue weighted by molar-refractivity contribution is -0.121. The highest BCUT2D eigenvalue weighted by Crippen LogP contribution is 2.19. The van der Waals surface area contributed by atoms with Gasteiger partial charge in [-0.15, -0.1) is 0 Å². The van der Waals surface area contributed by atoms with Crippen LogP contribution >= 0.6 is 11.6 Å². The Balaban J connectivity index is 2.14. The lowest BCUT2D eigenvalue weighted by Gasteiger charge is -2.14. The molecule has 1 saturated heterocycles. The van der Waals surface area contributed by atoms with E-state index in [1.165, 1.54) is 0 Å². The number of amides is 1. The van der Waals surface area contributed by atoms with Crippen molar-refractivity contribution >= 4 is 17.5 Å². The SMILES string of the molecule is O=C1CC(c2ccc(Cl)cc2)NCCN1. The minimum Gasteiger partial charge on any atom is -0.355 e.